The zero-order chi connectivity index (χ0) is 28.4. The Bertz CT molecular complexity index is 1140. The predicted molar refractivity (Wildman–Crippen MR) is 167 cm³/mol. The van der Waals surface area contributed by atoms with Gasteiger partial charge in [-0.2, -0.15) is 4.57 Å². The van der Waals surface area contributed by atoms with Gasteiger partial charge in [-0.15, -0.1) is 0 Å². The molecule has 1 amide bonds. The van der Waals surface area contributed by atoms with Gasteiger partial charge in [0.1, 0.15) is 11.5 Å². The fraction of sp³-hybridized carbons (Fsp3) is 0.529. The van der Waals surface area contributed by atoms with E-state index in [4.69, 9.17) is 9.47 Å². The minimum atomic E-state index is -0.0557. The van der Waals surface area contributed by atoms with Crippen LogP contribution < -0.4 is 19.4 Å². The number of carbonyl (C=O) groups excluding carboxylic acids is 1. The molecule has 3 aromatic rings. The van der Waals surface area contributed by atoms with Gasteiger partial charge >= 0.3 is 0 Å². The number of carbonyl (C=O) groups is 1. The van der Waals surface area contributed by atoms with Crippen molar-refractivity contribution in [3.8, 4) is 11.5 Å². The molecule has 3 rings (SSSR count). The highest BCUT2D eigenvalue weighted by Gasteiger charge is 2.15. The number of hydrogen-bond donors (Lipinski definition) is 1. The fourth-order valence-electron chi connectivity index (χ4n) is 4.91. The highest BCUT2D eigenvalue weighted by molar-refractivity contribution is 7.07. The van der Waals surface area contributed by atoms with Gasteiger partial charge in [0.2, 0.25) is 11.4 Å². The molecule has 0 aliphatic rings. The van der Waals surface area contributed by atoms with E-state index in [-0.39, 0.29) is 12.3 Å². The van der Waals surface area contributed by atoms with Crippen molar-refractivity contribution < 1.29 is 18.8 Å². The maximum atomic E-state index is 13.1. The Hall–Kier alpha value is -2.86. The zero-order valence-electron chi connectivity index (χ0n) is 24.9. The van der Waals surface area contributed by atoms with Crippen LogP contribution >= 0.6 is 11.3 Å². The second-order valence-electron chi connectivity index (χ2n) is 10.7. The van der Waals surface area contributed by atoms with Crippen LogP contribution in [-0.2, 0) is 17.8 Å². The van der Waals surface area contributed by atoms with Gasteiger partial charge in [0, 0.05) is 24.1 Å². The fourth-order valence-corrected chi connectivity index (χ4v) is 5.69. The van der Waals surface area contributed by atoms with Crippen LogP contribution in [0.15, 0.2) is 53.4 Å². The lowest BCUT2D eigenvalue weighted by Crippen LogP contribution is -2.34. The first-order valence-electron chi connectivity index (χ1n) is 15.2. The van der Waals surface area contributed by atoms with E-state index in [1.165, 1.54) is 76.3 Å². The molecule has 5 nitrogen and oxygen atoms in total. The number of aromatic nitrogens is 1. The summed E-state index contributed by atoms with van der Waals surface area (Å²) in [6.45, 7) is 5.75. The lowest BCUT2D eigenvalue weighted by Gasteiger charge is -2.14. The molecule has 1 N–H and O–H groups in total. The average Bonchev–Trinajstić information content (AvgIpc) is 3.37. The second kappa shape index (κ2) is 18.5. The summed E-state index contributed by atoms with van der Waals surface area (Å²) in [5.41, 5.74) is 6.11. The first kappa shape index (κ1) is 31.7. The zero-order valence-corrected chi connectivity index (χ0v) is 25.7. The van der Waals surface area contributed by atoms with Crippen molar-refractivity contribution >= 4 is 22.9 Å². The lowest BCUT2D eigenvalue weighted by atomic mass is 10.1. The number of amides is 1. The molecule has 0 atom stereocenters. The van der Waals surface area contributed by atoms with Crippen molar-refractivity contribution in [1.82, 2.24) is 0 Å². The lowest BCUT2D eigenvalue weighted by molar-refractivity contribution is -0.689. The van der Waals surface area contributed by atoms with Crippen molar-refractivity contribution in [2.24, 2.45) is 0 Å². The van der Waals surface area contributed by atoms with Gasteiger partial charge in [-0.3, -0.25) is 4.79 Å². The maximum Gasteiger partial charge on any atom is 0.228 e. The molecule has 0 fully saturated rings. The number of nitrogens with zero attached hydrogens (tertiary/aromatic N) is 1. The number of hydrogen-bond acceptors (Lipinski definition) is 4. The Balaban J connectivity index is 1.43. The summed E-state index contributed by atoms with van der Waals surface area (Å²) >= 11 is 1.68. The molecule has 1 heterocycles. The van der Waals surface area contributed by atoms with Gasteiger partial charge in [-0.1, -0.05) is 113 Å². The number of rotatable bonds is 20. The third-order valence-corrected chi connectivity index (χ3v) is 8.25. The highest BCUT2D eigenvalue weighted by atomic mass is 32.1. The Kier molecular flexibility index (Phi) is 14.6. The molecule has 0 bridgehead atoms. The van der Waals surface area contributed by atoms with E-state index in [0.717, 1.165) is 41.3 Å². The number of para-hydroxylation sites is 1. The van der Waals surface area contributed by atoms with E-state index in [1.807, 2.05) is 36.4 Å². The normalized spacial score (nSPS) is 11.0. The topological polar surface area (TPSA) is 51.4 Å². The highest BCUT2D eigenvalue weighted by Crippen LogP contribution is 2.26. The summed E-state index contributed by atoms with van der Waals surface area (Å²) in [5, 5.41) is 5.26. The molecule has 0 radical (unpaired) electrons. The van der Waals surface area contributed by atoms with Crippen LogP contribution in [0, 0.1) is 6.92 Å². The van der Waals surface area contributed by atoms with Crippen LogP contribution in [0.4, 0.5) is 5.69 Å². The van der Waals surface area contributed by atoms with E-state index in [0.29, 0.717) is 6.61 Å². The summed E-state index contributed by atoms with van der Waals surface area (Å²) in [6, 6.07) is 13.7. The Labute approximate surface area is 245 Å². The largest absolute Gasteiger partial charge is 0.497 e. The molecule has 0 unspecified atom stereocenters. The SMILES string of the molecule is CCCCCCCCCCCCCCOc1cc(OC)ccc1CC(=O)Nc1ccccc1C[n+]1cscc1C. The van der Waals surface area contributed by atoms with Gasteiger partial charge in [0.25, 0.3) is 0 Å². The average molecular weight is 566 g/mol. The molecule has 0 saturated carbocycles. The molecule has 2 aromatic carbocycles. The smallest absolute Gasteiger partial charge is 0.228 e. The monoisotopic (exact) mass is 565 g/mol. The Morgan fingerprint density at radius 3 is 2.20 bits per heavy atom. The molecule has 0 saturated heterocycles. The van der Waals surface area contributed by atoms with Gasteiger partial charge in [0.05, 0.1) is 31.2 Å². The first-order valence-corrected chi connectivity index (χ1v) is 16.1. The van der Waals surface area contributed by atoms with Crippen LogP contribution in [0.25, 0.3) is 0 Å². The summed E-state index contributed by atoms with van der Waals surface area (Å²) in [7, 11) is 1.65. The number of methoxy groups -OCH3 is 1. The molecule has 0 aliphatic heterocycles. The molecule has 1 aromatic heterocycles. The van der Waals surface area contributed by atoms with Crippen LogP contribution in [0.2, 0.25) is 0 Å². The van der Waals surface area contributed by atoms with Gasteiger partial charge in [0.15, 0.2) is 12.2 Å². The quantitative estimate of drug-likeness (QED) is 0.110. The number of anilines is 1. The molecule has 0 aliphatic carbocycles. The summed E-state index contributed by atoms with van der Waals surface area (Å²) in [5.74, 6) is 1.41. The predicted octanol–water partition coefficient (Wildman–Crippen LogP) is 8.66. The Morgan fingerprint density at radius 2 is 1.55 bits per heavy atom. The summed E-state index contributed by atoms with van der Waals surface area (Å²) < 4.78 is 13.8. The van der Waals surface area contributed by atoms with Crippen molar-refractivity contribution in [2.45, 2.75) is 104 Å². The van der Waals surface area contributed by atoms with Crippen molar-refractivity contribution in [3.05, 3.63) is 70.2 Å². The number of thiazole rings is 1. The standard InChI is InChI=1S/C34H48N2O3S/c1-4-5-6-7-8-9-10-11-12-13-14-17-22-39-33-24-31(38-3)21-20-29(33)23-34(37)35-32-19-16-15-18-30(32)25-36-27-40-26-28(36)2/h15-16,18-21,24,26-27H,4-14,17,22-23,25H2,1-3H3/p+1. The third kappa shape index (κ3) is 11.3. The summed E-state index contributed by atoms with van der Waals surface area (Å²) in [6.07, 6.45) is 16.0. The molecule has 218 valence electrons. The number of aryl methyl sites for hydroxylation is 1. The molecular weight excluding hydrogens is 516 g/mol. The van der Waals surface area contributed by atoms with Gasteiger partial charge in [-0.05, 0) is 18.6 Å². The minimum absolute atomic E-state index is 0.0557. The summed E-state index contributed by atoms with van der Waals surface area (Å²) in [4.78, 5) is 13.1. The number of unbranched alkanes of at least 4 members (excludes halogenated alkanes) is 11. The van der Waals surface area contributed by atoms with Crippen LogP contribution in [0.3, 0.4) is 0 Å². The Morgan fingerprint density at radius 1 is 0.875 bits per heavy atom. The molecule has 0 spiro atoms. The van der Waals surface area contributed by atoms with E-state index >= 15 is 0 Å². The maximum absolute atomic E-state index is 13.1. The second-order valence-corrected chi connectivity index (χ2v) is 11.4. The number of nitrogens with one attached hydrogen (secondary N) is 1. The van der Waals surface area contributed by atoms with Gasteiger partial charge < -0.3 is 14.8 Å². The molecule has 6 heteroatoms. The van der Waals surface area contributed by atoms with Crippen LogP contribution in [-0.4, -0.2) is 19.6 Å². The van der Waals surface area contributed by atoms with Crippen molar-refractivity contribution in [3.63, 3.8) is 0 Å². The molecular formula is C34H49N2O3S+. The van der Waals surface area contributed by atoms with Gasteiger partial charge in [-0.25, -0.2) is 0 Å². The van der Waals surface area contributed by atoms with Crippen molar-refractivity contribution in [1.29, 1.82) is 0 Å². The van der Waals surface area contributed by atoms with E-state index in [1.54, 1.807) is 18.4 Å². The van der Waals surface area contributed by atoms with Crippen LogP contribution in [0.5, 0.6) is 11.5 Å². The third-order valence-electron chi connectivity index (χ3n) is 7.39. The number of ether oxygens (including phenoxy) is 2. The van der Waals surface area contributed by atoms with E-state index < -0.39 is 0 Å². The van der Waals surface area contributed by atoms with Crippen molar-refractivity contribution in [2.75, 3.05) is 19.0 Å². The van der Waals surface area contributed by atoms with E-state index in [2.05, 4.69) is 40.7 Å². The number of benzene rings is 2. The minimum Gasteiger partial charge on any atom is -0.497 e. The van der Waals surface area contributed by atoms with E-state index in [9.17, 15) is 4.79 Å². The molecule has 40 heavy (non-hydrogen) atoms. The van der Waals surface area contributed by atoms with Crippen LogP contribution in [0.1, 0.15) is 101 Å². The first-order chi connectivity index (χ1) is 19.6.